The SMILES string of the molecule is Cc1cccc(C)c1OC1CCN(C(=O)c2conc2C2CC2)CC1. The molecule has 0 unspecified atom stereocenters. The van der Waals surface area contributed by atoms with Gasteiger partial charge in [-0.05, 0) is 37.8 Å². The Morgan fingerprint density at radius 3 is 2.48 bits per heavy atom. The smallest absolute Gasteiger partial charge is 0.259 e. The number of benzene rings is 1. The summed E-state index contributed by atoms with van der Waals surface area (Å²) < 4.78 is 11.3. The number of carbonyl (C=O) groups excluding carboxylic acids is 1. The van der Waals surface area contributed by atoms with Gasteiger partial charge in [-0.15, -0.1) is 0 Å². The third kappa shape index (κ3) is 3.28. The van der Waals surface area contributed by atoms with Crippen molar-refractivity contribution in [2.24, 2.45) is 0 Å². The maximum absolute atomic E-state index is 12.8. The van der Waals surface area contributed by atoms with Crippen molar-refractivity contribution in [2.75, 3.05) is 13.1 Å². The monoisotopic (exact) mass is 340 g/mol. The topological polar surface area (TPSA) is 55.6 Å². The summed E-state index contributed by atoms with van der Waals surface area (Å²) in [6.45, 7) is 5.58. The number of amides is 1. The second-order valence-corrected chi connectivity index (χ2v) is 7.22. The maximum Gasteiger partial charge on any atom is 0.259 e. The summed E-state index contributed by atoms with van der Waals surface area (Å²) in [6.07, 6.45) is 5.59. The maximum atomic E-state index is 12.8. The van der Waals surface area contributed by atoms with E-state index in [1.54, 1.807) is 0 Å². The van der Waals surface area contributed by atoms with E-state index >= 15 is 0 Å². The van der Waals surface area contributed by atoms with E-state index in [-0.39, 0.29) is 12.0 Å². The lowest BCUT2D eigenvalue weighted by atomic mass is 10.0. The van der Waals surface area contributed by atoms with Gasteiger partial charge in [-0.2, -0.15) is 0 Å². The summed E-state index contributed by atoms with van der Waals surface area (Å²) in [5, 5.41) is 4.04. The summed E-state index contributed by atoms with van der Waals surface area (Å²) in [6, 6.07) is 6.20. The van der Waals surface area contributed by atoms with E-state index in [1.165, 1.54) is 6.26 Å². The van der Waals surface area contributed by atoms with Crippen LogP contribution in [-0.4, -0.2) is 35.2 Å². The molecule has 4 rings (SSSR count). The van der Waals surface area contributed by atoms with E-state index in [1.807, 2.05) is 4.90 Å². The highest BCUT2D eigenvalue weighted by Gasteiger charge is 2.34. The van der Waals surface area contributed by atoms with Crippen molar-refractivity contribution < 1.29 is 14.1 Å². The third-order valence-electron chi connectivity index (χ3n) is 5.21. The normalized spacial score (nSPS) is 18.4. The van der Waals surface area contributed by atoms with E-state index in [4.69, 9.17) is 9.26 Å². The van der Waals surface area contributed by atoms with Gasteiger partial charge < -0.3 is 14.2 Å². The molecule has 1 aliphatic heterocycles. The third-order valence-corrected chi connectivity index (χ3v) is 5.21. The first-order valence-electron chi connectivity index (χ1n) is 9.10. The van der Waals surface area contributed by atoms with Crippen LogP contribution in [0.3, 0.4) is 0 Å². The minimum Gasteiger partial charge on any atom is -0.490 e. The van der Waals surface area contributed by atoms with Gasteiger partial charge >= 0.3 is 0 Å². The van der Waals surface area contributed by atoms with Crippen LogP contribution in [0.1, 0.15) is 58.8 Å². The lowest BCUT2D eigenvalue weighted by Crippen LogP contribution is -2.42. The molecule has 5 heteroatoms. The Bertz CT molecular complexity index is 751. The van der Waals surface area contributed by atoms with Gasteiger partial charge in [-0.3, -0.25) is 4.79 Å². The highest BCUT2D eigenvalue weighted by Crippen LogP contribution is 2.41. The summed E-state index contributed by atoms with van der Waals surface area (Å²) in [7, 11) is 0. The largest absolute Gasteiger partial charge is 0.490 e. The lowest BCUT2D eigenvalue weighted by Gasteiger charge is -2.32. The molecule has 2 heterocycles. The van der Waals surface area contributed by atoms with Crippen molar-refractivity contribution in [3.63, 3.8) is 0 Å². The minimum atomic E-state index is 0.0497. The number of para-hydroxylation sites is 1. The van der Waals surface area contributed by atoms with Crippen molar-refractivity contribution in [1.82, 2.24) is 10.1 Å². The van der Waals surface area contributed by atoms with Gasteiger partial charge in [0.05, 0.1) is 5.69 Å². The second kappa shape index (κ2) is 6.54. The van der Waals surface area contributed by atoms with E-state index in [0.717, 1.165) is 48.3 Å². The molecule has 2 aliphatic rings. The first-order chi connectivity index (χ1) is 12.1. The van der Waals surface area contributed by atoms with Crippen molar-refractivity contribution in [1.29, 1.82) is 0 Å². The zero-order chi connectivity index (χ0) is 17.4. The van der Waals surface area contributed by atoms with Crippen LogP contribution in [0.4, 0.5) is 0 Å². The zero-order valence-electron chi connectivity index (χ0n) is 14.8. The molecule has 2 fully saturated rings. The molecule has 0 N–H and O–H groups in total. The van der Waals surface area contributed by atoms with Gasteiger partial charge in [0.2, 0.25) is 0 Å². The average molecular weight is 340 g/mol. The predicted molar refractivity (Wildman–Crippen MR) is 93.9 cm³/mol. The molecule has 0 radical (unpaired) electrons. The molecule has 1 aromatic heterocycles. The Morgan fingerprint density at radius 2 is 1.84 bits per heavy atom. The van der Waals surface area contributed by atoms with Crippen LogP contribution < -0.4 is 4.74 Å². The number of ether oxygens (including phenoxy) is 1. The van der Waals surface area contributed by atoms with Gasteiger partial charge in [0, 0.05) is 31.8 Å². The van der Waals surface area contributed by atoms with Crippen molar-refractivity contribution in [3.05, 3.63) is 46.8 Å². The van der Waals surface area contributed by atoms with Crippen LogP contribution in [0.15, 0.2) is 29.0 Å². The van der Waals surface area contributed by atoms with Crippen molar-refractivity contribution in [2.45, 2.75) is 51.6 Å². The van der Waals surface area contributed by atoms with Gasteiger partial charge in [-0.1, -0.05) is 23.4 Å². The molecular weight excluding hydrogens is 316 g/mol. The first kappa shape index (κ1) is 16.2. The second-order valence-electron chi connectivity index (χ2n) is 7.22. The van der Waals surface area contributed by atoms with Gasteiger partial charge in [0.25, 0.3) is 5.91 Å². The number of hydrogen-bond acceptors (Lipinski definition) is 4. The molecule has 25 heavy (non-hydrogen) atoms. The van der Waals surface area contributed by atoms with E-state index < -0.39 is 0 Å². The van der Waals surface area contributed by atoms with Gasteiger partial charge in [0.15, 0.2) is 0 Å². The fourth-order valence-corrected chi connectivity index (χ4v) is 3.56. The van der Waals surface area contributed by atoms with Gasteiger partial charge in [-0.25, -0.2) is 0 Å². The van der Waals surface area contributed by atoms with Crippen LogP contribution >= 0.6 is 0 Å². The molecule has 1 saturated heterocycles. The number of carbonyl (C=O) groups is 1. The predicted octanol–water partition coefficient (Wildman–Crippen LogP) is 3.85. The van der Waals surface area contributed by atoms with Crippen LogP contribution in [0.2, 0.25) is 0 Å². The van der Waals surface area contributed by atoms with E-state index in [0.29, 0.717) is 24.6 Å². The molecule has 0 bridgehead atoms. The zero-order valence-corrected chi connectivity index (χ0v) is 14.8. The lowest BCUT2D eigenvalue weighted by molar-refractivity contribution is 0.0591. The number of likely N-dealkylation sites (tertiary alicyclic amines) is 1. The Morgan fingerprint density at radius 1 is 1.16 bits per heavy atom. The molecule has 2 aromatic rings. The minimum absolute atomic E-state index is 0.0497. The molecule has 1 aliphatic carbocycles. The number of nitrogens with zero attached hydrogens (tertiary/aromatic N) is 2. The molecule has 0 atom stereocenters. The Balaban J connectivity index is 1.38. The van der Waals surface area contributed by atoms with Crippen LogP contribution in [0.25, 0.3) is 0 Å². The summed E-state index contributed by atoms with van der Waals surface area (Å²) >= 11 is 0. The molecule has 1 saturated carbocycles. The summed E-state index contributed by atoms with van der Waals surface area (Å²) in [5.41, 5.74) is 3.82. The number of aromatic nitrogens is 1. The number of piperidine rings is 1. The molecule has 132 valence electrons. The van der Waals surface area contributed by atoms with Crippen LogP contribution in [0, 0.1) is 13.8 Å². The fraction of sp³-hybridized carbons (Fsp3) is 0.500. The molecular formula is C20H24N2O3. The number of aryl methyl sites for hydroxylation is 2. The molecule has 5 nitrogen and oxygen atoms in total. The highest BCUT2D eigenvalue weighted by molar-refractivity contribution is 5.95. The molecule has 1 amide bonds. The standard InChI is InChI=1S/C20H24N2O3/c1-13-4-3-5-14(2)19(13)25-16-8-10-22(11-9-16)20(23)17-12-24-21-18(17)15-6-7-15/h3-5,12,15-16H,6-11H2,1-2H3. The fourth-order valence-electron chi connectivity index (χ4n) is 3.56. The van der Waals surface area contributed by atoms with Crippen molar-refractivity contribution in [3.8, 4) is 5.75 Å². The Labute approximate surface area is 147 Å². The van der Waals surface area contributed by atoms with Crippen LogP contribution in [-0.2, 0) is 0 Å². The highest BCUT2D eigenvalue weighted by atomic mass is 16.5. The quantitative estimate of drug-likeness (QED) is 0.848. The van der Waals surface area contributed by atoms with Crippen molar-refractivity contribution >= 4 is 5.91 Å². The van der Waals surface area contributed by atoms with E-state index in [2.05, 4.69) is 37.2 Å². The van der Waals surface area contributed by atoms with E-state index in [9.17, 15) is 4.79 Å². The number of rotatable bonds is 4. The van der Waals surface area contributed by atoms with Gasteiger partial charge in [0.1, 0.15) is 23.7 Å². The first-order valence-corrected chi connectivity index (χ1v) is 9.10. The summed E-state index contributed by atoms with van der Waals surface area (Å²) in [4.78, 5) is 14.7. The Hall–Kier alpha value is -2.30. The Kier molecular flexibility index (Phi) is 4.24. The van der Waals surface area contributed by atoms with Crippen LogP contribution in [0.5, 0.6) is 5.75 Å². The number of hydrogen-bond donors (Lipinski definition) is 0. The summed E-state index contributed by atoms with van der Waals surface area (Å²) in [5.74, 6) is 1.46. The molecule has 1 aromatic carbocycles. The average Bonchev–Trinajstić information content (AvgIpc) is 3.35. The molecule has 0 spiro atoms.